The number of carbonyl (C=O) groups is 1. The van der Waals surface area contributed by atoms with Crippen LogP contribution < -0.4 is 0 Å². The number of amides is 1. The Labute approximate surface area is 131 Å². The standard InChI is InChI=1S/C17H24N2O3/c20-16-3-1-2-14(10-16)11-17(21)19-7-5-18(6-8-19)12-15-4-9-22-13-15/h1-3,10,15,20H,4-9,11-13H2/t15-/m1/s1. The number of rotatable bonds is 4. The molecule has 0 bridgehead atoms. The predicted molar refractivity (Wildman–Crippen MR) is 83.8 cm³/mol. The molecule has 0 aromatic heterocycles. The summed E-state index contributed by atoms with van der Waals surface area (Å²) < 4.78 is 5.42. The molecular weight excluding hydrogens is 280 g/mol. The zero-order valence-corrected chi connectivity index (χ0v) is 12.9. The van der Waals surface area contributed by atoms with E-state index < -0.39 is 0 Å². The highest BCUT2D eigenvalue weighted by atomic mass is 16.5. The summed E-state index contributed by atoms with van der Waals surface area (Å²) >= 11 is 0. The first-order valence-electron chi connectivity index (χ1n) is 8.06. The van der Waals surface area contributed by atoms with Crippen molar-refractivity contribution >= 4 is 5.91 Å². The largest absolute Gasteiger partial charge is 0.508 e. The minimum absolute atomic E-state index is 0.148. The average Bonchev–Trinajstić information content (AvgIpc) is 3.01. The third kappa shape index (κ3) is 3.99. The number of phenolic OH excluding ortho intramolecular Hbond substituents is 1. The van der Waals surface area contributed by atoms with Gasteiger partial charge < -0.3 is 14.7 Å². The van der Waals surface area contributed by atoms with E-state index >= 15 is 0 Å². The fourth-order valence-electron chi connectivity index (χ4n) is 3.23. The zero-order valence-electron chi connectivity index (χ0n) is 12.9. The molecule has 1 aromatic carbocycles. The van der Waals surface area contributed by atoms with Crippen molar-refractivity contribution in [2.24, 2.45) is 5.92 Å². The molecule has 0 radical (unpaired) electrons. The molecule has 2 fully saturated rings. The Morgan fingerprint density at radius 2 is 2.09 bits per heavy atom. The minimum atomic E-state index is 0.148. The molecule has 5 nitrogen and oxygen atoms in total. The van der Waals surface area contributed by atoms with E-state index in [0.717, 1.165) is 57.9 Å². The van der Waals surface area contributed by atoms with Crippen LogP contribution in [0, 0.1) is 5.92 Å². The molecule has 1 aromatic rings. The van der Waals surface area contributed by atoms with Gasteiger partial charge in [-0.2, -0.15) is 0 Å². The minimum Gasteiger partial charge on any atom is -0.508 e. The highest BCUT2D eigenvalue weighted by Crippen LogP contribution is 2.16. The fourth-order valence-corrected chi connectivity index (χ4v) is 3.23. The first-order valence-corrected chi connectivity index (χ1v) is 8.06. The van der Waals surface area contributed by atoms with E-state index in [-0.39, 0.29) is 11.7 Å². The molecule has 1 amide bonds. The van der Waals surface area contributed by atoms with Gasteiger partial charge in [-0.15, -0.1) is 0 Å². The molecule has 5 heteroatoms. The summed E-state index contributed by atoms with van der Waals surface area (Å²) in [5, 5.41) is 9.46. The monoisotopic (exact) mass is 304 g/mol. The van der Waals surface area contributed by atoms with E-state index in [4.69, 9.17) is 4.74 Å². The van der Waals surface area contributed by atoms with Crippen LogP contribution in [0.25, 0.3) is 0 Å². The van der Waals surface area contributed by atoms with Gasteiger partial charge in [0.05, 0.1) is 13.0 Å². The predicted octanol–water partition coefficient (Wildman–Crippen LogP) is 1.12. The SMILES string of the molecule is O=C(Cc1cccc(O)c1)N1CCN(C[C@H]2CCOC2)CC1. The molecule has 0 saturated carbocycles. The lowest BCUT2D eigenvalue weighted by Crippen LogP contribution is -2.50. The van der Waals surface area contributed by atoms with Gasteiger partial charge in [-0.1, -0.05) is 12.1 Å². The third-order valence-corrected chi connectivity index (χ3v) is 4.53. The van der Waals surface area contributed by atoms with Crippen molar-refractivity contribution in [2.75, 3.05) is 45.9 Å². The van der Waals surface area contributed by atoms with Crippen molar-refractivity contribution in [1.82, 2.24) is 9.80 Å². The summed E-state index contributed by atoms with van der Waals surface area (Å²) in [6.07, 6.45) is 1.53. The van der Waals surface area contributed by atoms with Gasteiger partial charge >= 0.3 is 0 Å². The van der Waals surface area contributed by atoms with Crippen LogP contribution in [0.5, 0.6) is 5.75 Å². The van der Waals surface area contributed by atoms with Crippen molar-refractivity contribution in [3.05, 3.63) is 29.8 Å². The number of piperazine rings is 1. The molecule has 3 rings (SSSR count). The maximum absolute atomic E-state index is 12.3. The average molecular weight is 304 g/mol. The molecule has 0 spiro atoms. The lowest BCUT2D eigenvalue weighted by Gasteiger charge is -2.35. The van der Waals surface area contributed by atoms with E-state index in [1.807, 2.05) is 11.0 Å². The summed E-state index contributed by atoms with van der Waals surface area (Å²) in [5.41, 5.74) is 0.871. The van der Waals surface area contributed by atoms with Crippen molar-refractivity contribution in [2.45, 2.75) is 12.8 Å². The molecule has 2 aliphatic heterocycles. The Hall–Kier alpha value is -1.59. The van der Waals surface area contributed by atoms with E-state index in [1.54, 1.807) is 18.2 Å². The molecule has 2 saturated heterocycles. The second-order valence-electron chi connectivity index (χ2n) is 6.26. The number of benzene rings is 1. The van der Waals surface area contributed by atoms with Gasteiger partial charge in [0.25, 0.3) is 0 Å². The third-order valence-electron chi connectivity index (χ3n) is 4.53. The molecule has 2 heterocycles. The van der Waals surface area contributed by atoms with Crippen molar-refractivity contribution in [3.63, 3.8) is 0 Å². The molecule has 2 aliphatic rings. The maximum atomic E-state index is 12.3. The number of nitrogens with zero attached hydrogens (tertiary/aromatic N) is 2. The normalized spacial score (nSPS) is 22.9. The zero-order chi connectivity index (χ0) is 15.4. The number of aromatic hydroxyl groups is 1. The van der Waals surface area contributed by atoms with Crippen molar-refractivity contribution < 1.29 is 14.6 Å². The van der Waals surface area contributed by atoms with Gasteiger partial charge in [-0.05, 0) is 30.0 Å². The van der Waals surface area contributed by atoms with Crippen LogP contribution in [0.15, 0.2) is 24.3 Å². The summed E-state index contributed by atoms with van der Waals surface area (Å²) in [4.78, 5) is 16.7. The van der Waals surface area contributed by atoms with Crippen LogP contribution in [0.4, 0.5) is 0 Å². The molecular formula is C17H24N2O3. The maximum Gasteiger partial charge on any atom is 0.227 e. The highest BCUT2D eigenvalue weighted by Gasteiger charge is 2.24. The van der Waals surface area contributed by atoms with E-state index in [9.17, 15) is 9.90 Å². The van der Waals surface area contributed by atoms with E-state index in [1.165, 1.54) is 0 Å². The first-order chi connectivity index (χ1) is 10.7. The fraction of sp³-hybridized carbons (Fsp3) is 0.588. The van der Waals surface area contributed by atoms with Gasteiger partial charge in [0.1, 0.15) is 5.75 Å². The second kappa shape index (κ2) is 7.11. The quantitative estimate of drug-likeness (QED) is 0.905. The Morgan fingerprint density at radius 3 is 2.77 bits per heavy atom. The van der Waals surface area contributed by atoms with Crippen molar-refractivity contribution in [1.29, 1.82) is 0 Å². The van der Waals surface area contributed by atoms with Crippen LogP contribution in [0.2, 0.25) is 0 Å². The molecule has 22 heavy (non-hydrogen) atoms. The van der Waals surface area contributed by atoms with Crippen LogP contribution >= 0.6 is 0 Å². The smallest absolute Gasteiger partial charge is 0.227 e. The highest BCUT2D eigenvalue weighted by molar-refractivity contribution is 5.79. The van der Waals surface area contributed by atoms with Gasteiger partial charge in [0.15, 0.2) is 0 Å². The molecule has 0 unspecified atom stereocenters. The van der Waals surface area contributed by atoms with Crippen LogP contribution in [-0.4, -0.2) is 66.8 Å². The number of carbonyl (C=O) groups excluding carboxylic acids is 1. The van der Waals surface area contributed by atoms with Crippen LogP contribution in [0.1, 0.15) is 12.0 Å². The lowest BCUT2D eigenvalue weighted by atomic mass is 10.1. The van der Waals surface area contributed by atoms with E-state index in [2.05, 4.69) is 4.90 Å². The van der Waals surface area contributed by atoms with Gasteiger partial charge in [-0.25, -0.2) is 0 Å². The molecule has 1 atom stereocenters. The Kier molecular flexibility index (Phi) is 4.95. The Balaban J connectivity index is 1.45. The Bertz CT molecular complexity index is 506. The van der Waals surface area contributed by atoms with Gasteiger partial charge in [0, 0.05) is 39.3 Å². The van der Waals surface area contributed by atoms with Crippen molar-refractivity contribution in [3.8, 4) is 5.75 Å². The number of hydrogen-bond donors (Lipinski definition) is 1. The summed E-state index contributed by atoms with van der Waals surface area (Å²) in [6.45, 7) is 6.36. The summed E-state index contributed by atoms with van der Waals surface area (Å²) in [5.74, 6) is 1.03. The summed E-state index contributed by atoms with van der Waals surface area (Å²) in [6, 6.07) is 6.95. The Morgan fingerprint density at radius 1 is 1.27 bits per heavy atom. The molecule has 1 N–H and O–H groups in total. The molecule has 120 valence electrons. The summed E-state index contributed by atoms with van der Waals surface area (Å²) in [7, 11) is 0. The van der Waals surface area contributed by atoms with E-state index in [0.29, 0.717) is 12.3 Å². The number of hydrogen-bond acceptors (Lipinski definition) is 4. The number of phenols is 1. The first kappa shape index (κ1) is 15.3. The van der Waals surface area contributed by atoms with Gasteiger partial charge in [0.2, 0.25) is 5.91 Å². The lowest BCUT2D eigenvalue weighted by molar-refractivity contribution is -0.132. The number of ether oxygens (including phenoxy) is 1. The topological polar surface area (TPSA) is 53.0 Å². The second-order valence-corrected chi connectivity index (χ2v) is 6.26. The van der Waals surface area contributed by atoms with Crippen LogP contribution in [-0.2, 0) is 16.0 Å². The molecule has 0 aliphatic carbocycles. The van der Waals surface area contributed by atoms with Crippen LogP contribution in [0.3, 0.4) is 0 Å². The van der Waals surface area contributed by atoms with Gasteiger partial charge in [-0.3, -0.25) is 9.69 Å².